The van der Waals surface area contributed by atoms with Crippen molar-refractivity contribution < 1.29 is 4.39 Å². The van der Waals surface area contributed by atoms with Gasteiger partial charge in [-0.3, -0.25) is 0 Å². The second-order valence-corrected chi connectivity index (χ2v) is 5.97. The molecule has 0 aliphatic rings. The van der Waals surface area contributed by atoms with Gasteiger partial charge in [-0.1, -0.05) is 64.5 Å². The van der Waals surface area contributed by atoms with E-state index in [4.69, 9.17) is 5.73 Å². The van der Waals surface area contributed by atoms with Crippen molar-refractivity contribution in [1.82, 2.24) is 0 Å². The SMILES string of the molecule is NC(Cc1ccc(F)cc1Br)c1cccc2ccccc12. The van der Waals surface area contributed by atoms with Gasteiger partial charge in [-0.05, 0) is 40.5 Å². The molecule has 3 aromatic rings. The molecule has 0 fully saturated rings. The molecular formula is C18H15BrFN. The van der Waals surface area contributed by atoms with Crippen LogP contribution in [0.1, 0.15) is 17.2 Å². The van der Waals surface area contributed by atoms with Crippen molar-refractivity contribution in [3.63, 3.8) is 0 Å². The predicted molar refractivity (Wildman–Crippen MR) is 88.7 cm³/mol. The highest BCUT2D eigenvalue weighted by Crippen LogP contribution is 2.27. The first-order chi connectivity index (χ1) is 10.1. The van der Waals surface area contributed by atoms with E-state index < -0.39 is 0 Å². The molecule has 0 aromatic heterocycles. The molecule has 0 aliphatic heterocycles. The first kappa shape index (κ1) is 14.2. The molecule has 0 heterocycles. The van der Waals surface area contributed by atoms with Crippen molar-refractivity contribution in [2.75, 3.05) is 0 Å². The summed E-state index contributed by atoms with van der Waals surface area (Å²) in [7, 11) is 0. The molecule has 3 heteroatoms. The average Bonchev–Trinajstić information content (AvgIpc) is 2.49. The fourth-order valence-electron chi connectivity index (χ4n) is 2.61. The van der Waals surface area contributed by atoms with Crippen LogP contribution in [0, 0.1) is 5.82 Å². The van der Waals surface area contributed by atoms with Gasteiger partial charge in [0, 0.05) is 10.5 Å². The van der Waals surface area contributed by atoms with Crippen LogP contribution in [0.4, 0.5) is 4.39 Å². The Bertz CT molecular complexity index is 780. The molecular weight excluding hydrogens is 329 g/mol. The Morgan fingerprint density at radius 1 is 1.00 bits per heavy atom. The fraction of sp³-hybridized carbons (Fsp3) is 0.111. The van der Waals surface area contributed by atoms with Gasteiger partial charge in [-0.2, -0.15) is 0 Å². The number of hydrogen-bond donors (Lipinski definition) is 1. The second-order valence-electron chi connectivity index (χ2n) is 5.11. The molecule has 0 aliphatic carbocycles. The van der Waals surface area contributed by atoms with Gasteiger partial charge in [0.25, 0.3) is 0 Å². The van der Waals surface area contributed by atoms with Crippen LogP contribution in [0.5, 0.6) is 0 Å². The first-order valence-corrected chi connectivity index (χ1v) is 7.61. The monoisotopic (exact) mass is 343 g/mol. The third kappa shape index (κ3) is 2.99. The number of fused-ring (bicyclic) bond motifs is 1. The zero-order valence-corrected chi connectivity index (χ0v) is 13.0. The summed E-state index contributed by atoms with van der Waals surface area (Å²) in [6, 6.07) is 19.0. The van der Waals surface area contributed by atoms with Crippen molar-refractivity contribution >= 4 is 26.7 Å². The van der Waals surface area contributed by atoms with Crippen LogP contribution in [0.15, 0.2) is 65.1 Å². The lowest BCUT2D eigenvalue weighted by atomic mass is 9.95. The van der Waals surface area contributed by atoms with E-state index in [0.717, 1.165) is 15.6 Å². The standard InChI is InChI=1S/C18H15BrFN/c19-17-11-14(20)9-8-13(17)10-18(21)16-7-3-5-12-4-1-2-6-15(12)16/h1-9,11,18H,10,21H2. The van der Waals surface area contributed by atoms with Crippen molar-refractivity contribution in [3.05, 3.63) is 82.1 Å². The number of nitrogens with two attached hydrogens (primary N) is 1. The predicted octanol–water partition coefficient (Wildman–Crippen LogP) is 4.98. The largest absolute Gasteiger partial charge is 0.324 e. The fourth-order valence-corrected chi connectivity index (χ4v) is 3.12. The van der Waals surface area contributed by atoms with Crippen LogP contribution < -0.4 is 5.73 Å². The van der Waals surface area contributed by atoms with Crippen LogP contribution in [0.25, 0.3) is 10.8 Å². The average molecular weight is 344 g/mol. The number of rotatable bonds is 3. The number of halogens is 2. The molecule has 3 aromatic carbocycles. The molecule has 0 saturated carbocycles. The highest BCUT2D eigenvalue weighted by molar-refractivity contribution is 9.10. The van der Waals surface area contributed by atoms with Gasteiger partial charge in [0.2, 0.25) is 0 Å². The second kappa shape index (κ2) is 5.96. The Morgan fingerprint density at radius 2 is 1.76 bits per heavy atom. The molecule has 106 valence electrons. The van der Waals surface area contributed by atoms with E-state index in [1.807, 2.05) is 18.2 Å². The van der Waals surface area contributed by atoms with Gasteiger partial charge in [-0.15, -0.1) is 0 Å². The smallest absolute Gasteiger partial charge is 0.124 e. The Hall–Kier alpha value is -1.71. The summed E-state index contributed by atoms with van der Waals surface area (Å²) in [5, 5.41) is 2.36. The molecule has 1 atom stereocenters. The van der Waals surface area contributed by atoms with Crippen LogP contribution in [-0.4, -0.2) is 0 Å². The van der Waals surface area contributed by atoms with Gasteiger partial charge >= 0.3 is 0 Å². The van der Waals surface area contributed by atoms with Crippen molar-refractivity contribution in [3.8, 4) is 0 Å². The number of benzene rings is 3. The van der Waals surface area contributed by atoms with E-state index in [0.29, 0.717) is 6.42 Å². The lowest BCUT2D eigenvalue weighted by Crippen LogP contribution is -2.14. The molecule has 2 N–H and O–H groups in total. The normalized spacial score (nSPS) is 12.5. The van der Waals surface area contributed by atoms with Crippen molar-refractivity contribution in [2.24, 2.45) is 5.73 Å². The maximum Gasteiger partial charge on any atom is 0.124 e. The summed E-state index contributed by atoms with van der Waals surface area (Å²) in [6.07, 6.45) is 0.662. The third-order valence-electron chi connectivity index (χ3n) is 3.68. The van der Waals surface area contributed by atoms with Crippen molar-refractivity contribution in [1.29, 1.82) is 0 Å². The maximum atomic E-state index is 13.2. The molecule has 1 nitrogen and oxygen atoms in total. The Balaban J connectivity index is 1.95. The van der Waals surface area contributed by atoms with E-state index in [9.17, 15) is 4.39 Å². The quantitative estimate of drug-likeness (QED) is 0.712. The van der Waals surface area contributed by atoms with Crippen LogP contribution in [0.3, 0.4) is 0 Å². The highest BCUT2D eigenvalue weighted by Gasteiger charge is 2.12. The molecule has 0 spiro atoms. The lowest BCUT2D eigenvalue weighted by Gasteiger charge is -2.16. The first-order valence-electron chi connectivity index (χ1n) is 6.82. The van der Waals surface area contributed by atoms with E-state index in [1.54, 1.807) is 6.07 Å². The zero-order valence-electron chi connectivity index (χ0n) is 11.4. The third-order valence-corrected chi connectivity index (χ3v) is 4.42. The lowest BCUT2D eigenvalue weighted by molar-refractivity contribution is 0.624. The zero-order chi connectivity index (χ0) is 14.8. The molecule has 0 bridgehead atoms. The molecule has 0 amide bonds. The van der Waals surface area contributed by atoms with Crippen LogP contribution in [0.2, 0.25) is 0 Å². The maximum absolute atomic E-state index is 13.2. The summed E-state index contributed by atoms with van der Waals surface area (Å²) in [5.41, 5.74) is 8.51. The van der Waals surface area contributed by atoms with Gasteiger partial charge < -0.3 is 5.73 Å². The summed E-state index contributed by atoms with van der Waals surface area (Å²) in [4.78, 5) is 0. The molecule has 21 heavy (non-hydrogen) atoms. The van der Waals surface area contributed by atoms with E-state index in [2.05, 4.69) is 40.2 Å². The topological polar surface area (TPSA) is 26.0 Å². The minimum atomic E-state index is -0.246. The number of hydrogen-bond acceptors (Lipinski definition) is 1. The Labute approximate surface area is 131 Å². The van der Waals surface area contributed by atoms with Gasteiger partial charge in [0.05, 0.1) is 0 Å². The summed E-state index contributed by atoms with van der Waals surface area (Å²) in [5.74, 6) is -0.246. The molecule has 0 radical (unpaired) electrons. The van der Waals surface area contributed by atoms with E-state index in [1.165, 1.54) is 22.9 Å². The summed E-state index contributed by atoms with van der Waals surface area (Å²) in [6.45, 7) is 0. The molecule has 3 rings (SSSR count). The van der Waals surface area contributed by atoms with Crippen LogP contribution in [-0.2, 0) is 6.42 Å². The van der Waals surface area contributed by atoms with Gasteiger partial charge in [0.15, 0.2) is 0 Å². The van der Waals surface area contributed by atoms with Gasteiger partial charge in [-0.25, -0.2) is 4.39 Å². The Morgan fingerprint density at radius 3 is 2.57 bits per heavy atom. The van der Waals surface area contributed by atoms with Gasteiger partial charge in [0.1, 0.15) is 5.82 Å². The molecule has 1 unspecified atom stereocenters. The Kier molecular flexibility index (Phi) is 4.04. The van der Waals surface area contributed by atoms with E-state index >= 15 is 0 Å². The summed E-state index contributed by atoms with van der Waals surface area (Å²) < 4.78 is 13.9. The summed E-state index contributed by atoms with van der Waals surface area (Å²) >= 11 is 3.40. The van der Waals surface area contributed by atoms with E-state index in [-0.39, 0.29) is 11.9 Å². The van der Waals surface area contributed by atoms with Crippen molar-refractivity contribution in [2.45, 2.75) is 12.5 Å². The molecule has 0 saturated heterocycles. The highest BCUT2D eigenvalue weighted by atomic mass is 79.9. The minimum absolute atomic E-state index is 0.127. The van der Waals surface area contributed by atoms with Crippen LogP contribution >= 0.6 is 15.9 Å². The minimum Gasteiger partial charge on any atom is -0.324 e.